The molecule has 19 heavy (non-hydrogen) atoms. The standard InChI is InChI=1S/C15H18N2O2/c16-8-3-6-12-4-1-2-5-13(12)10-17-15(18)14-7-9-19-11-14/h1-2,4-5,14H,7-11,16H2,(H,17,18). The van der Waals surface area contributed by atoms with Crippen LogP contribution in [-0.4, -0.2) is 25.7 Å². The zero-order chi connectivity index (χ0) is 13.5. The maximum absolute atomic E-state index is 11.9. The van der Waals surface area contributed by atoms with E-state index in [4.69, 9.17) is 10.5 Å². The number of hydrogen-bond donors (Lipinski definition) is 2. The van der Waals surface area contributed by atoms with Crippen LogP contribution in [0.1, 0.15) is 17.5 Å². The minimum Gasteiger partial charge on any atom is -0.381 e. The van der Waals surface area contributed by atoms with Crippen molar-refractivity contribution in [3.8, 4) is 11.8 Å². The molecule has 0 saturated carbocycles. The van der Waals surface area contributed by atoms with Gasteiger partial charge in [0.15, 0.2) is 0 Å². The molecule has 3 N–H and O–H groups in total. The van der Waals surface area contributed by atoms with E-state index in [9.17, 15) is 4.79 Å². The third-order valence-corrected chi connectivity index (χ3v) is 3.10. The third kappa shape index (κ3) is 3.82. The lowest BCUT2D eigenvalue weighted by molar-refractivity contribution is -0.125. The second-order valence-electron chi connectivity index (χ2n) is 4.44. The highest BCUT2D eigenvalue weighted by Crippen LogP contribution is 2.13. The summed E-state index contributed by atoms with van der Waals surface area (Å²) in [5.74, 6) is 5.89. The van der Waals surface area contributed by atoms with Crippen LogP contribution in [0, 0.1) is 17.8 Å². The lowest BCUT2D eigenvalue weighted by atomic mass is 10.1. The predicted molar refractivity (Wildman–Crippen MR) is 73.1 cm³/mol. The van der Waals surface area contributed by atoms with Gasteiger partial charge in [0.25, 0.3) is 0 Å². The molecule has 1 aliphatic heterocycles. The zero-order valence-corrected chi connectivity index (χ0v) is 10.8. The van der Waals surface area contributed by atoms with E-state index in [1.165, 1.54) is 0 Å². The molecule has 0 bridgehead atoms. The van der Waals surface area contributed by atoms with Crippen LogP contribution < -0.4 is 11.1 Å². The van der Waals surface area contributed by atoms with Gasteiger partial charge in [-0.3, -0.25) is 4.79 Å². The first-order valence-electron chi connectivity index (χ1n) is 6.43. The number of nitrogens with two attached hydrogens (primary N) is 1. The first-order valence-corrected chi connectivity index (χ1v) is 6.43. The lowest BCUT2D eigenvalue weighted by Crippen LogP contribution is -2.30. The molecule has 0 spiro atoms. The summed E-state index contributed by atoms with van der Waals surface area (Å²) in [6, 6.07) is 7.76. The predicted octanol–water partition coefficient (Wildman–Crippen LogP) is 0.649. The van der Waals surface area contributed by atoms with Gasteiger partial charge in [-0.2, -0.15) is 0 Å². The molecule has 1 amide bonds. The minimum absolute atomic E-state index is 0.0118. The molecule has 1 heterocycles. The Bertz CT molecular complexity index is 496. The van der Waals surface area contributed by atoms with Crippen LogP contribution in [0.5, 0.6) is 0 Å². The monoisotopic (exact) mass is 258 g/mol. The van der Waals surface area contributed by atoms with E-state index in [0.717, 1.165) is 17.5 Å². The molecule has 1 atom stereocenters. The van der Waals surface area contributed by atoms with Gasteiger partial charge in [0, 0.05) is 18.7 Å². The van der Waals surface area contributed by atoms with Crippen LogP contribution in [0.4, 0.5) is 0 Å². The van der Waals surface area contributed by atoms with Crippen molar-refractivity contribution in [1.82, 2.24) is 5.32 Å². The van der Waals surface area contributed by atoms with Crippen molar-refractivity contribution in [2.45, 2.75) is 13.0 Å². The van der Waals surface area contributed by atoms with Gasteiger partial charge in [0.2, 0.25) is 5.91 Å². The molecule has 1 unspecified atom stereocenters. The molecule has 2 rings (SSSR count). The first-order chi connectivity index (χ1) is 9.31. The SMILES string of the molecule is NCC#Cc1ccccc1CNC(=O)C1CCOC1. The molecule has 1 fully saturated rings. The fraction of sp³-hybridized carbons (Fsp3) is 0.400. The Balaban J connectivity index is 1.97. The van der Waals surface area contributed by atoms with Crippen molar-refractivity contribution >= 4 is 5.91 Å². The molecule has 4 nitrogen and oxygen atoms in total. The van der Waals surface area contributed by atoms with Gasteiger partial charge < -0.3 is 15.8 Å². The lowest BCUT2D eigenvalue weighted by Gasteiger charge is -2.10. The molecule has 0 aliphatic carbocycles. The van der Waals surface area contributed by atoms with Crippen molar-refractivity contribution in [3.05, 3.63) is 35.4 Å². The number of amides is 1. The van der Waals surface area contributed by atoms with Gasteiger partial charge in [-0.15, -0.1) is 0 Å². The Morgan fingerprint density at radius 1 is 1.47 bits per heavy atom. The van der Waals surface area contributed by atoms with Crippen LogP contribution >= 0.6 is 0 Å². The molecule has 1 aromatic rings. The Kier molecular flexibility index (Phi) is 4.96. The number of hydrogen-bond acceptors (Lipinski definition) is 3. The van der Waals surface area contributed by atoms with Gasteiger partial charge in [0.05, 0.1) is 19.1 Å². The van der Waals surface area contributed by atoms with E-state index in [2.05, 4.69) is 17.2 Å². The van der Waals surface area contributed by atoms with Gasteiger partial charge in [0.1, 0.15) is 0 Å². The van der Waals surface area contributed by atoms with E-state index in [0.29, 0.717) is 26.3 Å². The summed E-state index contributed by atoms with van der Waals surface area (Å²) in [5.41, 5.74) is 7.30. The van der Waals surface area contributed by atoms with Crippen molar-refractivity contribution in [3.63, 3.8) is 0 Å². The van der Waals surface area contributed by atoms with E-state index in [1.807, 2.05) is 24.3 Å². The quantitative estimate of drug-likeness (QED) is 0.782. The van der Waals surface area contributed by atoms with Crippen LogP contribution in [0.3, 0.4) is 0 Å². The molecule has 1 aromatic carbocycles. The van der Waals surface area contributed by atoms with E-state index < -0.39 is 0 Å². The molecule has 4 heteroatoms. The molecular formula is C15H18N2O2. The average molecular weight is 258 g/mol. The average Bonchev–Trinajstić information content (AvgIpc) is 2.97. The third-order valence-electron chi connectivity index (χ3n) is 3.10. The summed E-state index contributed by atoms with van der Waals surface area (Å²) in [7, 11) is 0. The van der Waals surface area contributed by atoms with Gasteiger partial charge in [-0.1, -0.05) is 30.0 Å². The topological polar surface area (TPSA) is 64.3 Å². The fourth-order valence-electron chi connectivity index (χ4n) is 2.01. The summed E-state index contributed by atoms with van der Waals surface area (Å²) in [5, 5.41) is 2.94. The molecule has 1 saturated heterocycles. The van der Waals surface area contributed by atoms with Crippen LogP contribution in [-0.2, 0) is 16.1 Å². The molecular weight excluding hydrogens is 240 g/mol. The zero-order valence-electron chi connectivity index (χ0n) is 10.8. The van der Waals surface area contributed by atoms with Crippen molar-refractivity contribution < 1.29 is 9.53 Å². The van der Waals surface area contributed by atoms with Crippen molar-refractivity contribution in [2.24, 2.45) is 11.7 Å². The van der Waals surface area contributed by atoms with Crippen LogP contribution in [0.15, 0.2) is 24.3 Å². The van der Waals surface area contributed by atoms with Crippen molar-refractivity contribution in [2.75, 3.05) is 19.8 Å². The van der Waals surface area contributed by atoms with Gasteiger partial charge >= 0.3 is 0 Å². The molecule has 100 valence electrons. The highest BCUT2D eigenvalue weighted by Gasteiger charge is 2.23. The Morgan fingerprint density at radius 3 is 3.05 bits per heavy atom. The summed E-state index contributed by atoms with van der Waals surface area (Å²) in [6.45, 7) is 2.03. The maximum Gasteiger partial charge on any atom is 0.225 e. The highest BCUT2D eigenvalue weighted by atomic mass is 16.5. The number of nitrogens with one attached hydrogen (secondary N) is 1. The minimum atomic E-state index is -0.0118. The Labute approximate surface area is 113 Å². The summed E-state index contributed by atoms with van der Waals surface area (Å²) in [4.78, 5) is 11.9. The van der Waals surface area contributed by atoms with Crippen LogP contribution in [0.2, 0.25) is 0 Å². The smallest absolute Gasteiger partial charge is 0.225 e. The summed E-state index contributed by atoms with van der Waals surface area (Å²) < 4.78 is 5.21. The number of rotatable bonds is 3. The highest BCUT2D eigenvalue weighted by molar-refractivity contribution is 5.79. The summed E-state index contributed by atoms with van der Waals surface area (Å²) >= 11 is 0. The van der Waals surface area contributed by atoms with E-state index >= 15 is 0 Å². The number of benzene rings is 1. The Hall–Kier alpha value is -1.83. The molecule has 0 radical (unpaired) electrons. The second kappa shape index (κ2) is 6.93. The number of ether oxygens (including phenoxy) is 1. The van der Waals surface area contributed by atoms with E-state index in [1.54, 1.807) is 0 Å². The van der Waals surface area contributed by atoms with Gasteiger partial charge in [-0.25, -0.2) is 0 Å². The molecule has 0 aromatic heterocycles. The largest absolute Gasteiger partial charge is 0.381 e. The maximum atomic E-state index is 11.9. The van der Waals surface area contributed by atoms with Crippen molar-refractivity contribution in [1.29, 1.82) is 0 Å². The van der Waals surface area contributed by atoms with Crippen LogP contribution in [0.25, 0.3) is 0 Å². The number of carbonyl (C=O) groups excluding carboxylic acids is 1. The second-order valence-corrected chi connectivity index (χ2v) is 4.44. The van der Waals surface area contributed by atoms with Gasteiger partial charge in [-0.05, 0) is 18.1 Å². The Morgan fingerprint density at radius 2 is 2.32 bits per heavy atom. The summed E-state index contributed by atoms with van der Waals surface area (Å²) in [6.07, 6.45) is 0.806. The first kappa shape index (κ1) is 13.6. The van der Waals surface area contributed by atoms with E-state index in [-0.39, 0.29) is 11.8 Å². The normalized spacial score (nSPS) is 17.6. The molecule has 1 aliphatic rings. The number of carbonyl (C=O) groups is 1. The fourth-order valence-corrected chi connectivity index (χ4v) is 2.01.